The van der Waals surface area contributed by atoms with Crippen LogP contribution in [0, 0.1) is 5.92 Å². The molecule has 0 saturated heterocycles. The minimum Gasteiger partial charge on any atom is -0.508 e. The van der Waals surface area contributed by atoms with Crippen LogP contribution in [-0.4, -0.2) is 70.3 Å². The maximum absolute atomic E-state index is 12.9. The minimum absolute atomic E-state index is 0.0476. The highest BCUT2D eigenvalue weighted by atomic mass is 16.4. The van der Waals surface area contributed by atoms with Gasteiger partial charge in [0.1, 0.15) is 30.2 Å². The summed E-state index contributed by atoms with van der Waals surface area (Å²) in [6, 6.07) is 1.65. The van der Waals surface area contributed by atoms with Gasteiger partial charge in [-0.2, -0.15) is 0 Å². The van der Waals surface area contributed by atoms with Crippen molar-refractivity contribution in [2.75, 3.05) is 0 Å². The van der Waals surface area contributed by atoms with Gasteiger partial charge in [-0.25, -0.2) is 0 Å². The molecule has 0 heterocycles. The monoisotopic (exact) mass is 492 g/mol. The minimum atomic E-state index is -1.28. The van der Waals surface area contributed by atoms with Gasteiger partial charge in [0.2, 0.25) is 23.6 Å². The highest BCUT2D eigenvalue weighted by Gasteiger charge is 2.30. The molecule has 0 aliphatic carbocycles. The second-order valence-corrected chi connectivity index (χ2v) is 8.43. The molecule has 0 aliphatic rings. The van der Waals surface area contributed by atoms with Crippen molar-refractivity contribution in [1.29, 1.82) is 0 Å². The fourth-order valence-corrected chi connectivity index (χ4v) is 3.11. The second kappa shape index (κ2) is 13.7. The van der Waals surface area contributed by atoms with Crippen molar-refractivity contribution >= 4 is 35.9 Å². The average Bonchev–Trinajstić information content (AvgIpc) is 2.76. The van der Waals surface area contributed by atoms with E-state index >= 15 is 0 Å². The van der Waals surface area contributed by atoms with Crippen LogP contribution in [0.2, 0.25) is 0 Å². The van der Waals surface area contributed by atoms with E-state index in [2.05, 4.69) is 21.3 Å². The zero-order valence-electron chi connectivity index (χ0n) is 20.0. The average molecular weight is 493 g/mol. The van der Waals surface area contributed by atoms with Gasteiger partial charge in [-0.1, -0.05) is 26.0 Å². The molecule has 1 aromatic rings. The SMILES string of the molecule is CC(=O)N[C@@H](Cc1ccc(O)cc1)C(=O)NC(C(=O)N[C@@H](C)C(=O)NC(C=O)CC(=O)O)C(C)C. The van der Waals surface area contributed by atoms with E-state index < -0.39 is 66.1 Å². The number of benzene rings is 1. The lowest BCUT2D eigenvalue weighted by molar-refractivity contribution is -0.139. The van der Waals surface area contributed by atoms with Crippen LogP contribution in [0.25, 0.3) is 0 Å². The van der Waals surface area contributed by atoms with E-state index in [-0.39, 0.29) is 18.5 Å². The first-order valence-corrected chi connectivity index (χ1v) is 11.0. The quantitative estimate of drug-likeness (QED) is 0.194. The molecule has 0 aromatic heterocycles. The summed E-state index contributed by atoms with van der Waals surface area (Å²) in [5.74, 6) is -4.14. The highest BCUT2D eigenvalue weighted by Crippen LogP contribution is 2.12. The number of carboxylic acids is 1. The van der Waals surface area contributed by atoms with Gasteiger partial charge in [0.25, 0.3) is 0 Å². The van der Waals surface area contributed by atoms with E-state index in [0.717, 1.165) is 0 Å². The van der Waals surface area contributed by atoms with Gasteiger partial charge < -0.3 is 36.3 Å². The zero-order chi connectivity index (χ0) is 26.7. The molecular formula is C23H32N4O8. The summed E-state index contributed by atoms with van der Waals surface area (Å²) >= 11 is 0. The van der Waals surface area contributed by atoms with E-state index in [1.165, 1.54) is 26.0 Å². The van der Waals surface area contributed by atoms with Crippen molar-refractivity contribution in [3.8, 4) is 5.75 Å². The normalized spacial score (nSPS) is 14.1. The topological polar surface area (TPSA) is 191 Å². The third-order valence-electron chi connectivity index (χ3n) is 4.96. The Hall–Kier alpha value is -3.96. The molecule has 1 rings (SSSR count). The van der Waals surface area contributed by atoms with Gasteiger partial charge >= 0.3 is 5.97 Å². The molecule has 0 radical (unpaired) electrons. The lowest BCUT2D eigenvalue weighted by Gasteiger charge is -2.26. The number of aromatic hydroxyl groups is 1. The van der Waals surface area contributed by atoms with Crippen LogP contribution in [-0.2, 0) is 35.2 Å². The molecule has 12 nitrogen and oxygen atoms in total. The van der Waals surface area contributed by atoms with Gasteiger partial charge in [-0.15, -0.1) is 0 Å². The van der Waals surface area contributed by atoms with Crippen LogP contribution < -0.4 is 21.3 Å². The Labute approximate surface area is 202 Å². The number of carbonyl (C=O) groups is 6. The fourth-order valence-electron chi connectivity index (χ4n) is 3.11. The molecule has 0 saturated carbocycles. The number of rotatable bonds is 13. The van der Waals surface area contributed by atoms with Gasteiger partial charge in [0, 0.05) is 13.3 Å². The molecule has 192 valence electrons. The number of hydrogen-bond donors (Lipinski definition) is 6. The van der Waals surface area contributed by atoms with Crippen molar-refractivity contribution in [3.63, 3.8) is 0 Å². The molecular weight excluding hydrogens is 460 g/mol. The van der Waals surface area contributed by atoms with Crippen molar-refractivity contribution in [3.05, 3.63) is 29.8 Å². The molecule has 12 heteroatoms. The van der Waals surface area contributed by atoms with Crippen LogP contribution in [0.1, 0.15) is 39.7 Å². The smallest absolute Gasteiger partial charge is 0.305 e. The van der Waals surface area contributed by atoms with Gasteiger partial charge in [-0.05, 0) is 30.5 Å². The summed E-state index contributed by atoms with van der Waals surface area (Å²) in [6.45, 7) is 5.96. The maximum Gasteiger partial charge on any atom is 0.305 e. The van der Waals surface area contributed by atoms with Crippen molar-refractivity contribution in [1.82, 2.24) is 21.3 Å². The number of carbonyl (C=O) groups excluding carboxylic acids is 5. The Kier molecular flexibility index (Phi) is 11.4. The van der Waals surface area contributed by atoms with Crippen LogP contribution in [0.15, 0.2) is 24.3 Å². The number of carboxylic acid groups (broad SMARTS) is 1. The van der Waals surface area contributed by atoms with Crippen molar-refractivity contribution < 1.29 is 39.0 Å². The maximum atomic E-state index is 12.9. The predicted molar refractivity (Wildman–Crippen MR) is 124 cm³/mol. The molecule has 4 atom stereocenters. The number of aliphatic carboxylic acids is 1. The fraction of sp³-hybridized carbons (Fsp3) is 0.478. The van der Waals surface area contributed by atoms with Crippen LogP contribution in [0.3, 0.4) is 0 Å². The molecule has 0 bridgehead atoms. The Morgan fingerprint density at radius 3 is 1.97 bits per heavy atom. The summed E-state index contributed by atoms with van der Waals surface area (Å²) in [6.07, 6.45) is -0.215. The van der Waals surface area contributed by atoms with Gasteiger partial charge in [0.05, 0.1) is 12.5 Å². The standard InChI is InChI=1S/C23H32N4O8/c1-12(2)20(23(35)24-13(3)21(33)26-16(11-28)10-19(31)32)27-22(34)18(25-14(4)29)9-15-5-7-17(30)8-6-15/h5-8,11-13,16,18,20,30H,9-10H2,1-4H3,(H,24,35)(H,25,29)(H,26,33)(H,27,34)(H,31,32)/t13-,16?,18-,20?/m0/s1. The third kappa shape index (κ3) is 10.2. The van der Waals surface area contributed by atoms with E-state index in [9.17, 15) is 33.9 Å². The molecule has 0 spiro atoms. The molecule has 0 fully saturated rings. The number of aldehydes is 1. The largest absolute Gasteiger partial charge is 0.508 e. The van der Waals surface area contributed by atoms with E-state index in [1.807, 2.05) is 0 Å². The lowest BCUT2D eigenvalue weighted by Crippen LogP contribution is -2.58. The van der Waals surface area contributed by atoms with Crippen LogP contribution in [0.4, 0.5) is 0 Å². The third-order valence-corrected chi connectivity index (χ3v) is 4.96. The highest BCUT2D eigenvalue weighted by molar-refractivity contribution is 5.94. The second-order valence-electron chi connectivity index (χ2n) is 8.43. The van der Waals surface area contributed by atoms with Crippen molar-refractivity contribution in [2.24, 2.45) is 5.92 Å². The number of phenolic OH excluding ortho intramolecular Hbond substituents is 1. The Balaban J connectivity index is 2.88. The number of nitrogens with one attached hydrogen (secondary N) is 4. The Morgan fingerprint density at radius 2 is 1.49 bits per heavy atom. The van der Waals surface area contributed by atoms with Gasteiger partial charge in [-0.3, -0.25) is 24.0 Å². The molecule has 0 aliphatic heterocycles. The number of phenols is 1. The summed E-state index contributed by atoms with van der Waals surface area (Å²) < 4.78 is 0. The zero-order valence-corrected chi connectivity index (χ0v) is 20.0. The summed E-state index contributed by atoms with van der Waals surface area (Å²) in [5.41, 5.74) is 0.665. The number of hydrogen-bond acceptors (Lipinski definition) is 7. The van der Waals surface area contributed by atoms with Crippen LogP contribution in [0.5, 0.6) is 5.75 Å². The molecule has 1 aromatic carbocycles. The van der Waals surface area contributed by atoms with E-state index in [4.69, 9.17) is 5.11 Å². The van der Waals surface area contributed by atoms with E-state index in [1.54, 1.807) is 26.0 Å². The molecule has 6 N–H and O–H groups in total. The number of amides is 4. The molecule has 2 unspecified atom stereocenters. The van der Waals surface area contributed by atoms with Crippen LogP contribution >= 0.6 is 0 Å². The lowest BCUT2D eigenvalue weighted by atomic mass is 10.0. The van der Waals surface area contributed by atoms with E-state index in [0.29, 0.717) is 5.56 Å². The summed E-state index contributed by atoms with van der Waals surface area (Å²) in [5, 5.41) is 28.0. The first kappa shape index (κ1) is 29.1. The first-order valence-electron chi connectivity index (χ1n) is 11.0. The molecule has 4 amide bonds. The Morgan fingerprint density at radius 1 is 0.886 bits per heavy atom. The van der Waals surface area contributed by atoms with Gasteiger partial charge in [0.15, 0.2) is 0 Å². The van der Waals surface area contributed by atoms with Crippen molar-refractivity contribution in [2.45, 2.75) is 64.7 Å². The molecule has 35 heavy (non-hydrogen) atoms. The summed E-state index contributed by atoms with van der Waals surface area (Å²) in [7, 11) is 0. The predicted octanol–water partition coefficient (Wildman–Crippen LogP) is -0.757. The summed E-state index contributed by atoms with van der Waals surface area (Å²) in [4.78, 5) is 71.4. The Bertz CT molecular complexity index is 932. The first-order chi connectivity index (χ1) is 16.3.